The molecule has 6 rings (SSSR count). The third kappa shape index (κ3) is 7.89. The number of halogens is 7. The summed E-state index contributed by atoms with van der Waals surface area (Å²) in [5.74, 6) is -2.86. The first-order valence-electron chi connectivity index (χ1n) is 16.6. The van der Waals surface area contributed by atoms with Gasteiger partial charge in [0.1, 0.15) is 5.82 Å². The molecule has 3 aromatic carbocycles. The minimum absolute atomic E-state index is 0.0123. The van der Waals surface area contributed by atoms with E-state index in [9.17, 15) is 48.7 Å². The number of amides is 2. The molecule has 2 amide bonds. The summed E-state index contributed by atoms with van der Waals surface area (Å²) in [6, 6.07) is 13.0. The smallest absolute Gasteiger partial charge is 0.369 e. The average molecular weight is 792 g/mol. The molecule has 2 N–H and O–H groups in total. The third-order valence-corrected chi connectivity index (χ3v) is 11.1. The molecule has 4 aromatic rings. The van der Waals surface area contributed by atoms with Gasteiger partial charge in [-0.05, 0) is 60.4 Å². The van der Waals surface area contributed by atoms with Crippen molar-refractivity contribution in [2.24, 2.45) is 10.7 Å². The Morgan fingerprint density at radius 3 is 2.35 bits per heavy atom. The second-order valence-corrected chi connectivity index (χ2v) is 15.4. The van der Waals surface area contributed by atoms with Crippen LogP contribution in [0.15, 0.2) is 82.8 Å². The van der Waals surface area contributed by atoms with Gasteiger partial charge in [-0.15, -0.1) is 0 Å². The van der Waals surface area contributed by atoms with Crippen LogP contribution in [0, 0.1) is 5.82 Å². The average Bonchev–Trinajstić information content (AvgIpc) is 3.65. The maximum absolute atomic E-state index is 14.3. The zero-order valence-corrected chi connectivity index (χ0v) is 29.9. The van der Waals surface area contributed by atoms with Crippen molar-refractivity contribution in [3.05, 3.63) is 112 Å². The van der Waals surface area contributed by atoms with Gasteiger partial charge in [0, 0.05) is 44.4 Å². The lowest BCUT2D eigenvalue weighted by atomic mass is 9.84. The lowest BCUT2D eigenvalue weighted by Crippen LogP contribution is -2.42. The van der Waals surface area contributed by atoms with Crippen LogP contribution in [0.1, 0.15) is 57.6 Å². The highest BCUT2D eigenvalue weighted by molar-refractivity contribution is 7.89. The van der Waals surface area contributed by atoms with E-state index in [0.29, 0.717) is 22.9 Å². The van der Waals surface area contributed by atoms with Crippen molar-refractivity contribution in [1.82, 2.24) is 24.1 Å². The molecule has 0 saturated heterocycles. The molecule has 0 spiro atoms. The number of aliphatic imine (C=N–C) groups is 1. The molecule has 0 unspecified atom stereocenters. The number of aromatic nitrogens is 2. The number of benzene rings is 3. The molecule has 1 atom stereocenters. The largest absolute Gasteiger partial charge is 0.417 e. The van der Waals surface area contributed by atoms with Crippen LogP contribution in [0.25, 0.3) is 11.4 Å². The topological polar surface area (TPSA) is 142 Å². The second-order valence-electron chi connectivity index (χ2n) is 13.2. The Bertz CT molecular complexity index is 2300. The highest BCUT2D eigenvalue weighted by atomic mass is 32.2. The number of sulfonamides is 1. The van der Waals surface area contributed by atoms with Gasteiger partial charge in [0.15, 0.2) is 17.3 Å². The summed E-state index contributed by atoms with van der Waals surface area (Å²) in [7, 11) is -1.03. The summed E-state index contributed by atoms with van der Waals surface area (Å²) in [6.45, 7) is -0.844. The van der Waals surface area contributed by atoms with Crippen molar-refractivity contribution in [3.8, 4) is 11.4 Å². The quantitative estimate of drug-likeness (QED) is 0.195. The Hall–Kier alpha value is -5.43. The number of hydrogen-bond acceptors (Lipinski definition) is 8. The molecule has 19 heteroatoms. The second kappa shape index (κ2) is 14.3. The summed E-state index contributed by atoms with van der Waals surface area (Å²) >= 11 is 0. The molecule has 0 radical (unpaired) electrons. The molecule has 55 heavy (non-hydrogen) atoms. The van der Waals surface area contributed by atoms with Crippen molar-refractivity contribution < 1.29 is 48.7 Å². The maximum atomic E-state index is 14.3. The van der Waals surface area contributed by atoms with Crippen LogP contribution < -0.4 is 5.73 Å². The van der Waals surface area contributed by atoms with E-state index < -0.39 is 88.4 Å². The molecular formula is C36H32F7N7O4S. The van der Waals surface area contributed by atoms with Gasteiger partial charge in [-0.25, -0.2) is 32.1 Å². The van der Waals surface area contributed by atoms with E-state index in [-0.39, 0.29) is 34.9 Å². The van der Waals surface area contributed by atoms with Crippen LogP contribution in [0.3, 0.4) is 0 Å². The van der Waals surface area contributed by atoms with E-state index in [1.807, 2.05) is 0 Å². The summed E-state index contributed by atoms with van der Waals surface area (Å²) in [6.07, 6.45) is -10.3. The fourth-order valence-electron chi connectivity index (χ4n) is 6.46. The normalized spacial score (nSPS) is 17.6. The van der Waals surface area contributed by atoms with Crippen LogP contribution >= 0.6 is 0 Å². The Kier molecular flexibility index (Phi) is 10.2. The number of fused-ring (bicyclic) bond motifs is 1. The number of nitrogens with two attached hydrogens (primary N) is 1. The van der Waals surface area contributed by atoms with Crippen molar-refractivity contribution in [2.45, 2.75) is 61.7 Å². The summed E-state index contributed by atoms with van der Waals surface area (Å²) < 4.78 is 122. The number of nitrogens with zero attached hydrogens (tertiary/aromatic N) is 6. The van der Waals surface area contributed by atoms with Gasteiger partial charge < -0.3 is 10.6 Å². The Morgan fingerprint density at radius 2 is 1.69 bits per heavy atom. The highest BCUT2D eigenvalue weighted by Crippen LogP contribution is 2.41. The minimum atomic E-state index is -4.97. The zero-order chi connectivity index (χ0) is 40.1. The molecule has 11 nitrogen and oxygen atoms in total. The number of alkyl halides is 6. The number of carbonyl (C=O) groups is 2. The molecule has 3 heterocycles. The summed E-state index contributed by atoms with van der Waals surface area (Å²) in [5.41, 5.74) is 3.39. The van der Waals surface area contributed by atoms with Gasteiger partial charge in [-0.1, -0.05) is 30.3 Å². The van der Waals surface area contributed by atoms with Crippen molar-refractivity contribution in [1.29, 1.82) is 0 Å². The minimum Gasteiger partial charge on any atom is -0.369 e. The predicted octanol–water partition coefficient (Wildman–Crippen LogP) is 5.99. The fraction of sp³-hybridized carbons (Fsp3) is 0.306. The van der Waals surface area contributed by atoms with Gasteiger partial charge >= 0.3 is 12.4 Å². The van der Waals surface area contributed by atoms with Crippen LogP contribution in [0.4, 0.5) is 30.7 Å². The van der Waals surface area contributed by atoms with E-state index in [2.05, 4.69) is 15.0 Å². The Morgan fingerprint density at radius 1 is 0.982 bits per heavy atom. The Balaban J connectivity index is 1.27. The van der Waals surface area contributed by atoms with Gasteiger partial charge in [0.25, 0.3) is 11.8 Å². The van der Waals surface area contributed by atoms with Crippen molar-refractivity contribution in [2.75, 3.05) is 14.1 Å². The van der Waals surface area contributed by atoms with E-state index in [1.165, 1.54) is 50.6 Å². The molecule has 0 saturated carbocycles. The van der Waals surface area contributed by atoms with E-state index in [1.54, 1.807) is 6.07 Å². The molecule has 2 aliphatic rings. The number of carbonyl (C=O) groups excluding carboxylic acids is 2. The number of guanidine groups is 1. The summed E-state index contributed by atoms with van der Waals surface area (Å²) in [5, 5.41) is 0. The molecule has 290 valence electrons. The van der Waals surface area contributed by atoms with Crippen LogP contribution in [-0.2, 0) is 46.2 Å². The van der Waals surface area contributed by atoms with Crippen molar-refractivity contribution >= 4 is 27.8 Å². The molecular weight excluding hydrogens is 759 g/mol. The van der Waals surface area contributed by atoms with Gasteiger partial charge in [-0.3, -0.25) is 14.5 Å². The Labute approximate surface area is 310 Å². The number of rotatable bonds is 10. The SMILES string of the molecule is CN(C)S(=O)(=O)c1cccc(-c2ncc3c(n2)CN(C(=O)c2cc(CN4C(=O)[C@@](CCCC(F)(F)F)(c5ccc(F)cc5)N=C4N)ccc2C(F)(F)F)C3)c1. The molecule has 0 aliphatic carbocycles. The molecule has 1 aromatic heterocycles. The van der Waals surface area contributed by atoms with Crippen molar-refractivity contribution in [3.63, 3.8) is 0 Å². The molecule has 0 bridgehead atoms. The van der Waals surface area contributed by atoms with Crippen LogP contribution in [0.5, 0.6) is 0 Å². The van der Waals surface area contributed by atoms with Gasteiger partial charge in [-0.2, -0.15) is 26.3 Å². The first kappa shape index (κ1) is 39.3. The van der Waals surface area contributed by atoms with Gasteiger partial charge in [0.05, 0.1) is 34.8 Å². The first-order chi connectivity index (χ1) is 25.7. The molecule has 2 aliphatic heterocycles. The third-order valence-electron chi connectivity index (χ3n) is 9.28. The zero-order valence-electron chi connectivity index (χ0n) is 29.1. The number of hydrogen-bond donors (Lipinski definition) is 1. The van der Waals surface area contributed by atoms with E-state index in [4.69, 9.17) is 5.73 Å². The summed E-state index contributed by atoms with van der Waals surface area (Å²) in [4.78, 5) is 42.8. The van der Waals surface area contributed by atoms with E-state index >= 15 is 0 Å². The maximum Gasteiger partial charge on any atom is 0.417 e. The van der Waals surface area contributed by atoms with E-state index in [0.717, 1.165) is 38.4 Å². The first-order valence-corrected chi connectivity index (χ1v) is 18.0. The van der Waals surface area contributed by atoms with Gasteiger partial charge in [0.2, 0.25) is 10.0 Å². The van der Waals surface area contributed by atoms with Crippen LogP contribution in [0.2, 0.25) is 0 Å². The monoisotopic (exact) mass is 791 g/mol. The lowest BCUT2D eigenvalue weighted by Gasteiger charge is -2.27. The van der Waals surface area contributed by atoms with Crippen LogP contribution in [-0.4, -0.2) is 70.5 Å². The molecule has 0 fully saturated rings. The standard InChI is InChI=1S/C36H32F7N7O4S/c1-48(2)55(53,54)26-6-3-5-22(16-26)30-45-17-23-19-49(20-29(23)46-30)31(51)27-15-21(7-12-28(27)36(41,42)43)18-50-32(52)34(47-33(50)44,13-4-14-35(38,39)40)24-8-10-25(37)11-9-24/h3,5-12,15-17H,4,13-14,18-20H2,1-2H3,(H2,44,47)/t34-/m1/s1. The highest BCUT2D eigenvalue weighted by Gasteiger charge is 2.49. The fourth-order valence-corrected chi connectivity index (χ4v) is 7.41. The predicted molar refractivity (Wildman–Crippen MR) is 184 cm³/mol. The lowest BCUT2D eigenvalue weighted by molar-refractivity contribution is -0.139.